The molecular formula is C11H13ClN4S. The molecule has 1 atom stereocenters. The lowest BCUT2D eigenvalue weighted by atomic mass is 10.2. The molecule has 17 heavy (non-hydrogen) atoms. The smallest absolute Gasteiger partial charge is 0.203 e. The first-order valence-corrected chi connectivity index (χ1v) is 6.41. The molecule has 0 bridgehead atoms. The molecule has 1 aromatic carbocycles. The van der Waals surface area contributed by atoms with Crippen molar-refractivity contribution in [1.82, 2.24) is 15.5 Å². The Morgan fingerprint density at radius 3 is 2.65 bits per heavy atom. The van der Waals surface area contributed by atoms with Gasteiger partial charge < -0.3 is 11.1 Å². The summed E-state index contributed by atoms with van der Waals surface area (Å²) in [6.07, 6.45) is 0. The van der Waals surface area contributed by atoms with E-state index in [0.29, 0.717) is 5.13 Å². The summed E-state index contributed by atoms with van der Waals surface area (Å²) < 4.78 is 0. The minimum atomic E-state index is 0.139. The molecule has 90 valence electrons. The van der Waals surface area contributed by atoms with Gasteiger partial charge in [0, 0.05) is 11.6 Å². The number of hydrogen-bond donors (Lipinski definition) is 2. The van der Waals surface area contributed by atoms with Crippen LogP contribution in [0.15, 0.2) is 24.3 Å². The summed E-state index contributed by atoms with van der Waals surface area (Å²) in [5, 5.41) is 13.3. The predicted molar refractivity (Wildman–Crippen MR) is 71.0 cm³/mol. The number of nitrogens with zero attached hydrogens (tertiary/aromatic N) is 2. The molecule has 0 radical (unpaired) electrons. The van der Waals surface area contributed by atoms with Crippen molar-refractivity contribution in [3.05, 3.63) is 39.9 Å². The lowest BCUT2D eigenvalue weighted by molar-refractivity contribution is 0.567. The van der Waals surface area contributed by atoms with Crippen LogP contribution in [0.3, 0.4) is 0 Å². The fourth-order valence-electron chi connectivity index (χ4n) is 1.38. The molecule has 0 aliphatic carbocycles. The van der Waals surface area contributed by atoms with Gasteiger partial charge in [0.05, 0.1) is 6.04 Å². The Balaban J connectivity index is 1.92. The molecule has 0 fully saturated rings. The standard InChI is InChI=1S/C11H13ClN4S/c1-7(10-15-16-11(13)17-10)14-6-8-2-4-9(12)5-3-8/h2-5,7,14H,6H2,1H3,(H2,13,16). The van der Waals surface area contributed by atoms with Gasteiger partial charge in [0.25, 0.3) is 0 Å². The normalized spacial score (nSPS) is 12.6. The van der Waals surface area contributed by atoms with Crippen molar-refractivity contribution in [3.63, 3.8) is 0 Å². The van der Waals surface area contributed by atoms with E-state index in [-0.39, 0.29) is 6.04 Å². The van der Waals surface area contributed by atoms with E-state index in [9.17, 15) is 0 Å². The molecule has 0 saturated heterocycles. The number of hydrogen-bond acceptors (Lipinski definition) is 5. The minimum Gasteiger partial charge on any atom is -0.374 e. The van der Waals surface area contributed by atoms with E-state index in [1.807, 2.05) is 31.2 Å². The summed E-state index contributed by atoms with van der Waals surface area (Å²) in [7, 11) is 0. The summed E-state index contributed by atoms with van der Waals surface area (Å²) in [6, 6.07) is 7.89. The van der Waals surface area contributed by atoms with E-state index in [2.05, 4.69) is 15.5 Å². The second kappa shape index (κ2) is 5.44. The first-order chi connectivity index (χ1) is 8.15. The third-order valence-corrected chi connectivity index (χ3v) is 3.54. The number of halogens is 1. The van der Waals surface area contributed by atoms with E-state index in [1.165, 1.54) is 16.9 Å². The highest BCUT2D eigenvalue weighted by Gasteiger charge is 2.09. The van der Waals surface area contributed by atoms with E-state index < -0.39 is 0 Å². The molecule has 0 aliphatic rings. The summed E-state index contributed by atoms with van der Waals surface area (Å²) in [4.78, 5) is 0. The monoisotopic (exact) mass is 268 g/mol. The van der Waals surface area contributed by atoms with Gasteiger partial charge in [-0.25, -0.2) is 0 Å². The van der Waals surface area contributed by atoms with Gasteiger partial charge in [-0.1, -0.05) is 35.1 Å². The van der Waals surface area contributed by atoms with E-state index >= 15 is 0 Å². The maximum Gasteiger partial charge on any atom is 0.203 e. The molecular weight excluding hydrogens is 256 g/mol. The molecule has 0 spiro atoms. The molecule has 6 heteroatoms. The van der Waals surface area contributed by atoms with Crippen LogP contribution in [-0.2, 0) is 6.54 Å². The molecule has 3 N–H and O–H groups in total. The van der Waals surface area contributed by atoms with Crippen molar-refractivity contribution in [2.45, 2.75) is 19.5 Å². The van der Waals surface area contributed by atoms with Gasteiger partial charge >= 0.3 is 0 Å². The van der Waals surface area contributed by atoms with Crippen LogP contribution in [0.2, 0.25) is 5.02 Å². The van der Waals surface area contributed by atoms with Gasteiger partial charge in [0.2, 0.25) is 5.13 Å². The Bertz CT molecular complexity index is 482. The fourth-order valence-corrected chi connectivity index (χ4v) is 2.15. The Kier molecular flexibility index (Phi) is 3.93. The molecule has 1 unspecified atom stereocenters. The topological polar surface area (TPSA) is 63.8 Å². The first kappa shape index (κ1) is 12.3. The van der Waals surface area contributed by atoms with Crippen LogP contribution >= 0.6 is 22.9 Å². The second-order valence-corrected chi connectivity index (χ2v) is 5.18. The predicted octanol–water partition coefficient (Wildman–Crippen LogP) is 2.62. The number of nitrogens with two attached hydrogens (primary N) is 1. The highest BCUT2D eigenvalue weighted by molar-refractivity contribution is 7.15. The quantitative estimate of drug-likeness (QED) is 0.895. The number of rotatable bonds is 4. The SMILES string of the molecule is CC(NCc1ccc(Cl)cc1)c1nnc(N)s1. The molecule has 1 aromatic heterocycles. The lowest BCUT2D eigenvalue weighted by Crippen LogP contribution is -2.17. The van der Waals surface area contributed by atoms with Crippen LogP contribution in [0.4, 0.5) is 5.13 Å². The number of anilines is 1. The van der Waals surface area contributed by atoms with Crippen LogP contribution in [0.5, 0.6) is 0 Å². The number of nitrogen functional groups attached to an aromatic ring is 1. The Labute approximate surface area is 109 Å². The highest BCUT2D eigenvalue weighted by Crippen LogP contribution is 2.19. The average Bonchev–Trinajstić information content (AvgIpc) is 2.75. The first-order valence-electron chi connectivity index (χ1n) is 5.22. The molecule has 2 aromatic rings. The van der Waals surface area contributed by atoms with Crippen molar-refractivity contribution in [3.8, 4) is 0 Å². The Morgan fingerprint density at radius 2 is 2.06 bits per heavy atom. The van der Waals surface area contributed by atoms with Crippen molar-refractivity contribution in [1.29, 1.82) is 0 Å². The third kappa shape index (κ3) is 3.39. The van der Waals surface area contributed by atoms with Crippen molar-refractivity contribution >= 4 is 28.1 Å². The molecule has 0 aliphatic heterocycles. The van der Waals surface area contributed by atoms with Gasteiger partial charge in [-0.2, -0.15) is 0 Å². The maximum absolute atomic E-state index is 5.82. The van der Waals surface area contributed by atoms with Gasteiger partial charge in [-0.05, 0) is 24.6 Å². The van der Waals surface area contributed by atoms with Gasteiger partial charge in [0.15, 0.2) is 0 Å². The summed E-state index contributed by atoms with van der Waals surface area (Å²) >= 11 is 7.23. The minimum absolute atomic E-state index is 0.139. The zero-order valence-corrected chi connectivity index (χ0v) is 10.9. The van der Waals surface area contributed by atoms with Crippen molar-refractivity contribution < 1.29 is 0 Å². The van der Waals surface area contributed by atoms with Crippen LogP contribution in [0.1, 0.15) is 23.5 Å². The molecule has 1 heterocycles. The van der Waals surface area contributed by atoms with Crippen LogP contribution in [0, 0.1) is 0 Å². The van der Waals surface area contributed by atoms with Gasteiger partial charge in [-0.3, -0.25) is 0 Å². The van der Waals surface area contributed by atoms with Crippen molar-refractivity contribution in [2.24, 2.45) is 0 Å². The van der Waals surface area contributed by atoms with Crippen molar-refractivity contribution in [2.75, 3.05) is 5.73 Å². The maximum atomic E-state index is 5.82. The summed E-state index contributed by atoms with van der Waals surface area (Å²) in [5.74, 6) is 0. The molecule has 2 rings (SSSR count). The molecule has 4 nitrogen and oxygen atoms in total. The highest BCUT2D eigenvalue weighted by atomic mass is 35.5. The zero-order chi connectivity index (χ0) is 12.3. The average molecular weight is 269 g/mol. The van der Waals surface area contributed by atoms with Gasteiger partial charge in [0.1, 0.15) is 5.01 Å². The largest absolute Gasteiger partial charge is 0.374 e. The Hall–Kier alpha value is -1.17. The molecule has 0 saturated carbocycles. The summed E-state index contributed by atoms with van der Waals surface area (Å²) in [6.45, 7) is 2.80. The van der Waals surface area contributed by atoms with Crippen LogP contribution in [0.25, 0.3) is 0 Å². The van der Waals surface area contributed by atoms with Crippen LogP contribution < -0.4 is 11.1 Å². The number of benzene rings is 1. The number of nitrogens with one attached hydrogen (secondary N) is 1. The lowest BCUT2D eigenvalue weighted by Gasteiger charge is -2.10. The van der Waals surface area contributed by atoms with E-state index in [0.717, 1.165) is 16.6 Å². The van der Waals surface area contributed by atoms with Gasteiger partial charge in [-0.15, -0.1) is 10.2 Å². The van der Waals surface area contributed by atoms with Crippen LogP contribution in [-0.4, -0.2) is 10.2 Å². The third-order valence-electron chi connectivity index (χ3n) is 2.35. The molecule has 0 amide bonds. The second-order valence-electron chi connectivity index (χ2n) is 3.71. The summed E-state index contributed by atoms with van der Waals surface area (Å²) in [5.41, 5.74) is 6.72. The number of aromatic nitrogens is 2. The van der Waals surface area contributed by atoms with E-state index in [4.69, 9.17) is 17.3 Å². The van der Waals surface area contributed by atoms with E-state index in [1.54, 1.807) is 0 Å². The zero-order valence-electron chi connectivity index (χ0n) is 9.35. The fraction of sp³-hybridized carbons (Fsp3) is 0.273. The Morgan fingerprint density at radius 1 is 1.35 bits per heavy atom.